The molecule has 0 bridgehead atoms. The van der Waals surface area contributed by atoms with E-state index >= 15 is 0 Å². The van der Waals surface area contributed by atoms with Gasteiger partial charge in [0.2, 0.25) is 5.88 Å². The molecule has 1 heterocycles. The smallest absolute Gasteiger partial charge is 0.218 e. The standard InChI is InChI=1S/C9H15N3O2/c1-9(2,5-13)12-7-4-8(14-3)11-6-10-7/h4,6,13H,5H2,1-3H3,(H,10,11,12). The summed E-state index contributed by atoms with van der Waals surface area (Å²) in [7, 11) is 1.54. The van der Waals surface area contributed by atoms with Crippen molar-refractivity contribution >= 4 is 5.82 Å². The zero-order chi connectivity index (χ0) is 10.6. The second kappa shape index (κ2) is 4.23. The number of nitrogens with one attached hydrogen (secondary N) is 1. The number of anilines is 1. The third-order valence-corrected chi connectivity index (χ3v) is 1.71. The molecule has 0 aliphatic rings. The molecule has 0 spiro atoms. The molecule has 0 saturated heterocycles. The first-order chi connectivity index (χ1) is 6.57. The number of hydrogen-bond donors (Lipinski definition) is 2. The minimum Gasteiger partial charge on any atom is -0.481 e. The van der Waals surface area contributed by atoms with Crippen LogP contribution in [0.3, 0.4) is 0 Å². The molecule has 0 unspecified atom stereocenters. The Morgan fingerprint density at radius 2 is 2.21 bits per heavy atom. The lowest BCUT2D eigenvalue weighted by Gasteiger charge is -2.23. The number of aliphatic hydroxyl groups is 1. The van der Waals surface area contributed by atoms with Crippen molar-refractivity contribution in [2.75, 3.05) is 19.0 Å². The fraction of sp³-hybridized carbons (Fsp3) is 0.556. The van der Waals surface area contributed by atoms with Gasteiger partial charge in [-0.2, -0.15) is 0 Å². The normalized spacial score (nSPS) is 11.1. The molecule has 5 nitrogen and oxygen atoms in total. The van der Waals surface area contributed by atoms with Crippen molar-refractivity contribution < 1.29 is 9.84 Å². The molecular formula is C9H15N3O2. The van der Waals surface area contributed by atoms with Crippen LogP contribution in [0.2, 0.25) is 0 Å². The predicted molar refractivity (Wildman–Crippen MR) is 53.4 cm³/mol. The van der Waals surface area contributed by atoms with Crippen molar-refractivity contribution in [3.8, 4) is 5.88 Å². The van der Waals surface area contributed by atoms with Gasteiger partial charge in [-0.3, -0.25) is 0 Å². The van der Waals surface area contributed by atoms with Crippen molar-refractivity contribution in [2.45, 2.75) is 19.4 Å². The SMILES string of the molecule is COc1cc(NC(C)(C)CO)ncn1. The van der Waals surface area contributed by atoms with Gasteiger partial charge in [0.05, 0.1) is 19.3 Å². The van der Waals surface area contributed by atoms with E-state index in [-0.39, 0.29) is 6.61 Å². The zero-order valence-corrected chi connectivity index (χ0v) is 8.61. The number of methoxy groups -OCH3 is 1. The lowest BCUT2D eigenvalue weighted by Crippen LogP contribution is -2.35. The Balaban J connectivity index is 2.76. The Kier molecular flexibility index (Phi) is 3.24. The quantitative estimate of drug-likeness (QED) is 0.742. The molecule has 0 amide bonds. The van der Waals surface area contributed by atoms with E-state index in [9.17, 15) is 0 Å². The molecule has 1 aromatic heterocycles. The summed E-state index contributed by atoms with van der Waals surface area (Å²) in [5.74, 6) is 1.13. The number of aromatic nitrogens is 2. The number of aliphatic hydroxyl groups excluding tert-OH is 1. The van der Waals surface area contributed by atoms with Crippen molar-refractivity contribution in [3.05, 3.63) is 12.4 Å². The first-order valence-electron chi connectivity index (χ1n) is 4.32. The molecule has 78 valence electrons. The summed E-state index contributed by atoms with van der Waals surface area (Å²) < 4.78 is 4.95. The van der Waals surface area contributed by atoms with Crippen LogP contribution < -0.4 is 10.1 Å². The second-order valence-electron chi connectivity index (χ2n) is 3.61. The van der Waals surface area contributed by atoms with Gasteiger partial charge in [0, 0.05) is 6.07 Å². The van der Waals surface area contributed by atoms with E-state index in [1.54, 1.807) is 13.2 Å². The van der Waals surface area contributed by atoms with Gasteiger partial charge < -0.3 is 15.2 Å². The number of ether oxygens (including phenoxy) is 1. The van der Waals surface area contributed by atoms with Gasteiger partial charge in [-0.15, -0.1) is 0 Å². The Hall–Kier alpha value is -1.36. The van der Waals surface area contributed by atoms with Crippen LogP contribution in [-0.2, 0) is 0 Å². The van der Waals surface area contributed by atoms with Crippen LogP contribution in [0.1, 0.15) is 13.8 Å². The summed E-state index contributed by atoms with van der Waals surface area (Å²) >= 11 is 0. The van der Waals surface area contributed by atoms with Crippen molar-refractivity contribution in [1.82, 2.24) is 9.97 Å². The highest BCUT2D eigenvalue weighted by atomic mass is 16.5. The van der Waals surface area contributed by atoms with Gasteiger partial charge in [-0.05, 0) is 13.8 Å². The van der Waals surface area contributed by atoms with Crippen LogP contribution in [-0.4, -0.2) is 34.3 Å². The molecular weight excluding hydrogens is 182 g/mol. The summed E-state index contributed by atoms with van der Waals surface area (Å²) in [5.41, 5.74) is -0.403. The van der Waals surface area contributed by atoms with Crippen LogP contribution >= 0.6 is 0 Å². The van der Waals surface area contributed by atoms with Gasteiger partial charge in [0.25, 0.3) is 0 Å². The lowest BCUT2D eigenvalue weighted by molar-refractivity contribution is 0.234. The van der Waals surface area contributed by atoms with Crippen molar-refractivity contribution in [2.24, 2.45) is 0 Å². The molecule has 0 aliphatic heterocycles. The van der Waals surface area contributed by atoms with E-state index in [1.807, 2.05) is 13.8 Å². The van der Waals surface area contributed by atoms with E-state index in [0.29, 0.717) is 11.7 Å². The van der Waals surface area contributed by atoms with Crippen LogP contribution in [0, 0.1) is 0 Å². The summed E-state index contributed by atoms with van der Waals surface area (Å²) in [5, 5.41) is 12.1. The van der Waals surface area contributed by atoms with Gasteiger partial charge in [-0.1, -0.05) is 0 Å². The predicted octanol–water partition coefficient (Wildman–Crippen LogP) is 0.668. The molecule has 0 fully saturated rings. The molecule has 0 radical (unpaired) electrons. The second-order valence-corrected chi connectivity index (χ2v) is 3.61. The maximum Gasteiger partial charge on any atom is 0.218 e. The molecule has 2 N–H and O–H groups in total. The van der Waals surface area contributed by atoms with Gasteiger partial charge in [0.1, 0.15) is 12.1 Å². The fourth-order valence-corrected chi connectivity index (χ4v) is 0.906. The number of nitrogens with zero attached hydrogens (tertiary/aromatic N) is 2. The average Bonchev–Trinajstić information content (AvgIpc) is 2.17. The third kappa shape index (κ3) is 2.85. The first kappa shape index (κ1) is 10.7. The fourth-order valence-electron chi connectivity index (χ4n) is 0.906. The summed E-state index contributed by atoms with van der Waals surface area (Å²) in [6, 6.07) is 1.68. The summed E-state index contributed by atoms with van der Waals surface area (Å²) in [4.78, 5) is 7.89. The average molecular weight is 197 g/mol. The Morgan fingerprint density at radius 1 is 1.50 bits per heavy atom. The van der Waals surface area contributed by atoms with E-state index in [2.05, 4.69) is 15.3 Å². The van der Waals surface area contributed by atoms with Crippen molar-refractivity contribution in [3.63, 3.8) is 0 Å². The van der Waals surface area contributed by atoms with E-state index in [0.717, 1.165) is 0 Å². The van der Waals surface area contributed by atoms with Crippen LogP contribution in [0.4, 0.5) is 5.82 Å². The molecule has 0 atom stereocenters. The monoisotopic (exact) mass is 197 g/mol. The first-order valence-corrected chi connectivity index (χ1v) is 4.32. The highest BCUT2D eigenvalue weighted by Gasteiger charge is 2.16. The molecule has 1 aromatic rings. The van der Waals surface area contributed by atoms with Crippen LogP contribution in [0.5, 0.6) is 5.88 Å². The maximum absolute atomic E-state index is 9.04. The molecule has 0 aromatic carbocycles. The maximum atomic E-state index is 9.04. The largest absolute Gasteiger partial charge is 0.481 e. The summed E-state index contributed by atoms with van der Waals surface area (Å²) in [6.07, 6.45) is 1.41. The Bertz CT molecular complexity index is 302. The van der Waals surface area contributed by atoms with E-state index < -0.39 is 5.54 Å². The van der Waals surface area contributed by atoms with Gasteiger partial charge >= 0.3 is 0 Å². The Labute approximate surface area is 83.2 Å². The van der Waals surface area contributed by atoms with E-state index in [4.69, 9.17) is 9.84 Å². The molecule has 0 saturated carbocycles. The number of rotatable bonds is 4. The summed E-state index contributed by atoms with van der Waals surface area (Å²) in [6.45, 7) is 3.78. The van der Waals surface area contributed by atoms with Crippen LogP contribution in [0.25, 0.3) is 0 Å². The van der Waals surface area contributed by atoms with Gasteiger partial charge in [0.15, 0.2) is 0 Å². The molecule has 0 aliphatic carbocycles. The molecule has 1 rings (SSSR count). The number of hydrogen-bond acceptors (Lipinski definition) is 5. The minimum atomic E-state index is -0.403. The molecule has 5 heteroatoms. The lowest BCUT2D eigenvalue weighted by atomic mass is 10.1. The highest BCUT2D eigenvalue weighted by molar-refractivity contribution is 5.39. The van der Waals surface area contributed by atoms with Gasteiger partial charge in [-0.25, -0.2) is 9.97 Å². The van der Waals surface area contributed by atoms with Crippen molar-refractivity contribution in [1.29, 1.82) is 0 Å². The minimum absolute atomic E-state index is 0.0271. The zero-order valence-electron chi connectivity index (χ0n) is 8.61. The molecule has 14 heavy (non-hydrogen) atoms. The van der Waals surface area contributed by atoms with Crippen LogP contribution in [0.15, 0.2) is 12.4 Å². The highest BCUT2D eigenvalue weighted by Crippen LogP contribution is 2.15. The Morgan fingerprint density at radius 3 is 2.79 bits per heavy atom. The topological polar surface area (TPSA) is 67.3 Å². The third-order valence-electron chi connectivity index (χ3n) is 1.71. The van der Waals surface area contributed by atoms with E-state index in [1.165, 1.54) is 6.33 Å².